The minimum Gasteiger partial charge on any atom is -0.330 e. The van der Waals surface area contributed by atoms with Crippen LogP contribution in [0.3, 0.4) is 0 Å². The van der Waals surface area contributed by atoms with Gasteiger partial charge in [-0.1, -0.05) is 13.0 Å². The summed E-state index contributed by atoms with van der Waals surface area (Å²) < 4.78 is 0. The van der Waals surface area contributed by atoms with Crippen LogP contribution < -0.4 is 5.32 Å². The molecular formula is C12H22N2O. The van der Waals surface area contributed by atoms with Gasteiger partial charge in [-0.25, -0.2) is 0 Å². The Morgan fingerprint density at radius 2 is 1.93 bits per heavy atom. The summed E-state index contributed by atoms with van der Waals surface area (Å²) in [6, 6.07) is 1.04. The molecule has 1 fully saturated rings. The first-order chi connectivity index (χ1) is 7.00. The van der Waals surface area contributed by atoms with Gasteiger partial charge in [0, 0.05) is 17.8 Å². The molecule has 1 aliphatic heterocycles. The summed E-state index contributed by atoms with van der Waals surface area (Å²) >= 11 is 0. The summed E-state index contributed by atoms with van der Waals surface area (Å²) in [6.07, 6.45) is 3.68. The molecule has 1 amide bonds. The first kappa shape index (κ1) is 12.2. The van der Waals surface area contributed by atoms with E-state index in [1.807, 2.05) is 0 Å². The van der Waals surface area contributed by atoms with Gasteiger partial charge in [-0.3, -0.25) is 9.69 Å². The molecule has 1 N–H and O–H groups in total. The van der Waals surface area contributed by atoms with E-state index in [-0.39, 0.29) is 5.91 Å². The minimum atomic E-state index is 0.0584. The van der Waals surface area contributed by atoms with Crippen LogP contribution in [0.5, 0.6) is 0 Å². The van der Waals surface area contributed by atoms with Crippen LogP contribution >= 0.6 is 0 Å². The number of nitrogens with one attached hydrogen (secondary N) is 1. The highest BCUT2D eigenvalue weighted by molar-refractivity contribution is 5.79. The van der Waals surface area contributed by atoms with E-state index >= 15 is 0 Å². The van der Waals surface area contributed by atoms with Crippen LogP contribution in [0.4, 0.5) is 0 Å². The van der Waals surface area contributed by atoms with Crippen LogP contribution in [-0.2, 0) is 4.79 Å². The molecule has 0 aliphatic carbocycles. The van der Waals surface area contributed by atoms with Gasteiger partial charge in [-0.2, -0.15) is 0 Å². The van der Waals surface area contributed by atoms with Crippen molar-refractivity contribution in [2.75, 3.05) is 6.54 Å². The van der Waals surface area contributed by atoms with Crippen molar-refractivity contribution < 1.29 is 4.79 Å². The Kier molecular flexibility index (Phi) is 4.33. The van der Waals surface area contributed by atoms with Crippen LogP contribution in [0.25, 0.3) is 0 Å². The number of hydrogen-bond acceptors (Lipinski definition) is 2. The molecule has 3 nitrogen and oxygen atoms in total. The van der Waals surface area contributed by atoms with Crippen molar-refractivity contribution in [1.29, 1.82) is 0 Å². The molecule has 0 spiro atoms. The fourth-order valence-electron chi connectivity index (χ4n) is 2.23. The van der Waals surface area contributed by atoms with Crippen LogP contribution in [0.1, 0.15) is 40.0 Å². The number of nitrogens with zero attached hydrogens (tertiary/aromatic N) is 1. The molecule has 1 saturated heterocycles. The van der Waals surface area contributed by atoms with Crippen LogP contribution in [0.2, 0.25) is 0 Å². The first-order valence-electron chi connectivity index (χ1n) is 5.72. The van der Waals surface area contributed by atoms with Crippen LogP contribution in [-0.4, -0.2) is 29.4 Å². The van der Waals surface area contributed by atoms with Gasteiger partial charge in [0.15, 0.2) is 0 Å². The predicted octanol–water partition coefficient (Wildman–Crippen LogP) is 1.90. The summed E-state index contributed by atoms with van der Waals surface area (Å²) in [5.74, 6) is 0.0584. The topological polar surface area (TPSA) is 32.3 Å². The van der Waals surface area contributed by atoms with E-state index in [1.54, 1.807) is 6.92 Å². The highest BCUT2D eigenvalue weighted by Crippen LogP contribution is 2.21. The molecule has 0 aromatic heterocycles. The molecule has 1 rings (SSSR count). The highest BCUT2D eigenvalue weighted by atomic mass is 16.2. The summed E-state index contributed by atoms with van der Waals surface area (Å²) in [7, 11) is 0. The molecule has 15 heavy (non-hydrogen) atoms. The van der Waals surface area contributed by atoms with Gasteiger partial charge >= 0.3 is 0 Å². The van der Waals surface area contributed by atoms with Gasteiger partial charge in [-0.05, 0) is 33.6 Å². The Balaban J connectivity index is 2.47. The molecule has 0 radical (unpaired) electrons. The Hall–Kier alpha value is -0.830. The number of allylic oxidation sites excluding steroid dienone is 1. The van der Waals surface area contributed by atoms with E-state index in [0.717, 1.165) is 5.70 Å². The third kappa shape index (κ3) is 3.67. The number of carbonyl (C=O) groups is 1. The summed E-state index contributed by atoms with van der Waals surface area (Å²) in [6.45, 7) is 10.4. The van der Waals surface area contributed by atoms with Gasteiger partial charge in [0.05, 0.1) is 6.54 Å². The molecule has 0 bridgehead atoms. The maximum absolute atomic E-state index is 11.6. The molecule has 0 aromatic carbocycles. The van der Waals surface area contributed by atoms with Gasteiger partial charge in [-0.15, -0.1) is 0 Å². The summed E-state index contributed by atoms with van der Waals surface area (Å²) in [5, 5.41) is 2.76. The number of carbonyl (C=O) groups excluding carboxylic acids is 1. The number of amides is 1. The van der Waals surface area contributed by atoms with Gasteiger partial charge in [0.1, 0.15) is 0 Å². The monoisotopic (exact) mass is 210 g/mol. The van der Waals surface area contributed by atoms with Crippen molar-refractivity contribution in [3.63, 3.8) is 0 Å². The summed E-state index contributed by atoms with van der Waals surface area (Å²) in [4.78, 5) is 13.9. The number of piperidine rings is 1. The second kappa shape index (κ2) is 5.31. The molecule has 2 unspecified atom stereocenters. The van der Waals surface area contributed by atoms with E-state index in [0.29, 0.717) is 18.6 Å². The zero-order valence-corrected chi connectivity index (χ0v) is 10.0. The van der Waals surface area contributed by atoms with E-state index in [1.165, 1.54) is 19.3 Å². The quantitative estimate of drug-likeness (QED) is 0.771. The standard InChI is InChI=1S/C12H22N2O/c1-9(2)13-12(15)8-14-10(3)6-5-7-11(14)4/h10-11H,1,5-8H2,2-4H3,(H,13,15). The average Bonchev–Trinajstić information content (AvgIpc) is 2.10. The van der Waals surface area contributed by atoms with Crippen molar-refractivity contribution in [1.82, 2.24) is 10.2 Å². The zero-order chi connectivity index (χ0) is 11.4. The number of likely N-dealkylation sites (tertiary alicyclic amines) is 1. The summed E-state index contributed by atoms with van der Waals surface area (Å²) in [5.41, 5.74) is 0.720. The van der Waals surface area contributed by atoms with Crippen molar-refractivity contribution in [2.24, 2.45) is 0 Å². The third-order valence-electron chi connectivity index (χ3n) is 3.06. The lowest BCUT2D eigenvalue weighted by Crippen LogP contribution is -2.48. The maximum atomic E-state index is 11.6. The highest BCUT2D eigenvalue weighted by Gasteiger charge is 2.26. The molecule has 0 aromatic rings. The third-order valence-corrected chi connectivity index (χ3v) is 3.06. The van der Waals surface area contributed by atoms with Crippen LogP contribution in [0.15, 0.2) is 12.3 Å². The SMILES string of the molecule is C=C(C)NC(=O)CN1C(C)CCCC1C. The Labute approximate surface area is 92.5 Å². The molecule has 2 atom stereocenters. The largest absolute Gasteiger partial charge is 0.330 e. The van der Waals surface area contributed by atoms with Crippen molar-refractivity contribution >= 4 is 5.91 Å². The first-order valence-corrected chi connectivity index (χ1v) is 5.72. The molecule has 1 heterocycles. The lowest BCUT2D eigenvalue weighted by Gasteiger charge is -2.38. The Morgan fingerprint density at radius 1 is 1.40 bits per heavy atom. The van der Waals surface area contributed by atoms with Crippen molar-refractivity contribution in [3.8, 4) is 0 Å². The van der Waals surface area contributed by atoms with E-state index < -0.39 is 0 Å². The number of hydrogen-bond donors (Lipinski definition) is 1. The molecule has 1 aliphatic rings. The molecular weight excluding hydrogens is 188 g/mol. The van der Waals surface area contributed by atoms with E-state index in [4.69, 9.17) is 0 Å². The maximum Gasteiger partial charge on any atom is 0.238 e. The second-order valence-electron chi connectivity index (χ2n) is 4.63. The van der Waals surface area contributed by atoms with Crippen LogP contribution in [0, 0.1) is 0 Å². The second-order valence-corrected chi connectivity index (χ2v) is 4.63. The van der Waals surface area contributed by atoms with Gasteiger partial charge in [0.2, 0.25) is 5.91 Å². The van der Waals surface area contributed by atoms with Crippen molar-refractivity contribution in [3.05, 3.63) is 12.3 Å². The lowest BCUT2D eigenvalue weighted by molar-refractivity contribution is -0.123. The average molecular weight is 210 g/mol. The lowest BCUT2D eigenvalue weighted by atomic mass is 9.97. The fourth-order valence-corrected chi connectivity index (χ4v) is 2.23. The smallest absolute Gasteiger partial charge is 0.238 e. The predicted molar refractivity (Wildman–Crippen MR) is 62.4 cm³/mol. The molecule has 86 valence electrons. The van der Waals surface area contributed by atoms with E-state index in [9.17, 15) is 4.79 Å². The number of rotatable bonds is 3. The Morgan fingerprint density at radius 3 is 2.40 bits per heavy atom. The molecule has 0 saturated carbocycles. The van der Waals surface area contributed by atoms with Gasteiger partial charge in [0.25, 0.3) is 0 Å². The molecule has 3 heteroatoms. The van der Waals surface area contributed by atoms with E-state index in [2.05, 4.69) is 30.6 Å². The van der Waals surface area contributed by atoms with Crippen molar-refractivity contribution in [2.45, 2.75) is 52.1 Å². The normalized spacial score (nSPS) is 27.4. The minimum absolute atomic E-state index is 0.0584. The zero-order valence-electron chi connectivity index (χ0n) is 10.0. The Bertz CT molecular complexity index is 240. The fraction of sp³-hybridized carbons (Fsp3) is 0.750. The van der Waals surface area contributed by atoms with Gasteiger partial charge < -0.3 is 5.32 Å².